The number of benzene rings is 1. The average Bonchev–Trinajstić information content (AvgIpc) is 2.48. The predicted molar refractivity (Wildman–Crippen MR) is 81.2 cm³/mol. The molecule has 0 spiro atoms. The Morgan fingerprint density at radius 1 is 1.38 bits per heavy atom. The Balaban J connectivity index is 1.81. The van der Waals surface area contributed by atoms with E-state index in [0.29, 0.717) is 10.7 Å². The van der Waals surface area contributed by atoms with Gasteiger partial charge in [0.1, 0.15) is 11.0 Å². The molecule has 6 heteroatoms. The van der Waals surface area contributed by atoms with Gasteiger partial charge in [-0.25, -0.2) is 9.37 Å². The molecule has 1 aromatic heterocycles. The highest BCUT2D eigenvalue weighted by atomic mass is 35.5. The highest BCUT2D eigenvalue weighted by Crippen LogP contribution is 2.36. The molecule has 1 amide bonds. The zero-order chi connectivity index (χ0) is 14.8. The van der Waals surface area contributed by atoms with Crippen molar-refractivity contribution in [3.05, 3.63) is 58.6 Å². The van der Waals surface area contributed by atoms with Gasteiger partial charge in [-0.15, -0.1) is 11.8 Å². The molecule has 1 unspecified atom stereocenters. The fourth-order valence-corrected chi connectivity index (χ4v) is 3.48. The summed E-state index contributed by atoms with van der Waals surface area (Å²) in [7, 11) is 0. The minimum Gasteiger partial charge on any atom is -0.345 e. The summed E-state index contributed by atoms with van der Waals surface area (Å²) < 4.78 is 13.4. The number of thioether (sulfide) groups is 1. The molecule has 2 aromatic rings. The lowest BCUT2D eigenvalue weighted by Gasteiger charge is -2.26. The second-order valence-electron chi connectivity index (χ2n) is 4.71. The van der Waals surface area contributed by atoms with Gasteiger partial charge in [0.2, 0.25) is 0 Å². The molecule has 1 N–H and O–H groups in total. The van der Waals surface area contributed by atoms with Crippen LogP contribution in [0.1, 0.15) is 28.4 Å². The van der Waals surface area contributed by atoms with Gasteiger partial charge in [-0.1, -0.05) is 11.6 Å². The van der Waals surface area contributed by atoms with E-state index >= 15 is 0 Å². The lowest BCUT2D eigenvalue weighted by molar-refractivity contribution is 0.0934. The van der Waals surface area contributed by atoms with Crippen LogP contribution in [0.3, 0.4) is 0 Å². The molecule has 0 fully saturated rings. The van der Waals surface area contributed by atoms with E-state index in [9.17, 15) is 9.18 Å². The first-order chi connectivity index (χ1) is 10.1. The molecule has 0 saturated heterocycles. The SMILES string of the molecule is O=C(NC1CCSc2ccc(F)cc21)c1ccc(Cl)nc1. The number of aromatic nitrogens is 1. The maximum absolute atomic E-state index is 13.4. The minimum atomic E-state index is -0.288. The summed E-state index contributed by atoms with van der Waals surface area (Å²) in [4.78, 5) is 17.1. The van der Waals surface area contributed by atoms with Crippen LogP contribution in [0.25, 0.3) is 0 Å². The molecule has 3 nitrogen and oxygen atoms in total. The number of nitrogens with zero attached hydrogens (tertiary/aromatic N) is 1. The molecule has 0 aliphatic carbocycles. The molecule has 2 heterocycles. The van der Waals surface area contributed by atoms with Crippen LogP contribution in [0.15, 0.2) is 41.4 Å². The number of hydrogen-bond acceptors (Lipinski definition) is 3. The van der Waals surface area contributed by atoms with Gasteiger partial charge in [-0.05, 0) is 42.3 Å². The van der Waals surface area contributed by atoms with E-state index in [4.69, 9.17) is 11.6 Å². The summed E-state index contributed by atoms with van der Waals surface area (Å²) in [5, 5.41) is 3.28. The fourth-order valence-electron chi connectivity index (χ4n) is 2.27. The number of carbonyl (C=O) groups is 1. The molecule has 1 aliphatic heterocycles. The highest BCUT2D eigenvalue weighted by molar-refractivity contribution is 7.99. The molecule has 21 heavy (non-hydrogen) atoms. The van der Waals surface area contributed by atoms with Gasteiger partial charge < -0.3 is 5.32 Å². The third-order valence-corrected chi connectivity index (χ3v) is 4.65. The van der Waals surface area contributed by atoms with Crippen molar-refractivity contribution in [1.29, 1.82) is 0 Å². The standard InChI is InChI=1S/C15H12ClFN2OS/c16-14-4-1-9(8-18-14)15(20)19-12-5-6-21-13-3-2-10(17)7-11(12)13/h1-4,7-8,12H,5-6H2,(H,19,20). The lowest BCUT2D eigenvalue weighted by atomic mass is 10.0. The molecule has 108 valence electrons. The Hall–Kier alpha value is -1.59. The van der Waals surface area contributed by atoms with E-state index in [1.807, 2.05) is 0 Å². The Labute approximate surface area is 130 Å². The maximum atomic E-state index is 13.4. The smallest absolute Gasteiger partial charge is 0.253 e. The summed E-state index contributed by atoms with van der Waals surface area (Å²) >= 11 is 7.38. The summed E-state index contributed by atoms with van der Waals surface area (Å²) in [6.45, 7) is 0. The van der Waals surface area contributed by atoms with Crippen molar-refractivity contribution in [2.75, 3.05) is 5.75 Å². The summed E-state index contributed by atoms with van der Waals surface area (Å²) in [5.74, 6) is 0.373. The first-order valence-electron chi connectivity index (χ1n) is 6.48. The van der Waals surface area contributed by atoms with Crippen LogP contribution < -0.4 is 5.32 Å². The van der Waals surface area contributed by atoms with E-state index < -0.39 is 0 Å². The number of hydrogen-bond donors (Lipinski definition) is 1. The lowest BCUT2D eigenvalue weighted by Crippen LogP contribution is -2.30. The van der Waals surface area contributed by atoms with Gasteiger partial charge in [0, 0.05) is 16.8 Å². The van der Waals surface area contributed by atoms with Gasteiger partial charge in [-0.3, -0.25) is 4.79 Å². The van der Waals surface area contributed by atoms with Crippen LogP contribution in [-0.4, -0.2) is 16.6 Å². The van der Waals surface area contributed by atoms with E-state index in [-0.39, 0.29) is 17.8 Å². The average molecular weight is 323 g/mol. The van der Waals surface area contributed by atoms with E-state index in [2.05, 4.69) is 10.3 Å². The Morgan fingerprint density at radius 3 is 3.00 bits per heavy atom. The molecule has 1 atom stereocenters. The molecular formula is C15H12ClFN2OS. The summed E-state index contributed by atoms with van der Waals surface area (Å²) in [5.41, 5.74) is 1.28. The second-order valence-corrected chi connectivity index (χ2v) is 6.24. The van der Waals surface area contributed by atoms with E-state index in [1.165, 1.54) is 18.3 Å². The normalized spacial score (nSPS) is 17.1. The Morgan fingerprint density at radius 2 is 2.24 bits per heavy atom. The molecule has 1 aliphatic rings. The number of nitrogens with one attached hydrogen (secondary N) is 1. The number of halogens is 2. The number of rotatable bonds is 2. The first kappa shape index (κ1) is 14.4. The van der Waals surface area contributed by atoms with Crippen molar-refractivity contribution in [3.63, 3.8) is 0 Å². The monoisotopic (exact) mass is 322 g/mol. The fraction of sp³-hybridized carbons (Fsp3) is 0.200. The zero-order valence-electron chi connectivity index (χ0n) is 11.0. The van der Waals surface area contributed by atoms with Crippen LogP contribution >= 0.6 is 23.4 Å². The zero-order valence-corrected chi connectivity index (χ0v) is 12.5. The second kappa shape index (κ2) is 6.03. The first-order valence-corrected chi connectivity index (χ1v) is 7.84. The third-order valence-electron chi connectivity index (χ3n) is 3.31. The van der Waals surface area contributed by atoms with Crippen LogP contribution in [0.5, 0.6) is 0 Å². The molecule has 0 bridgehead atoms. The van der Waals surface area contributed by atoms with Crippen molar-refractivity contribution < 1.29 is 9.18 Å². The van der Waals surface area contributed by atoms with Crippen molar-refractivity contribution in [3.8, 4) is 0 Å². The van der Waals surface area contributed by atoms with Crippen molar-refractivity contribution >= 4 is 29.3 Å². The van der Waals surface area contributed by atoms with Crippen LogP contribution in [-0.2, 0) is 0 Å². The molecule has 0 saturated carbocycles. The third kappa shape index (κ3) is 3.19. The molecule has 0 radical (unpaired) electrons. The highest BCUT2D eigenvalue weighted by Gasteiger charge is 2.23. The van der Waals surface area contributed by atoms with Gasteiger partial charge in [-0.2, -0.15) is 0 Å². The topological polar surface area (TPSA) is 42.0 Å². The van der Waals surface area contributed by atoms with E-state index in [1.54, 1.807) is 30.0 Å². The molecule has 1 aromatic carbocycles. The number of pyridine rings is 1. The van der Waals surface area contributed by atoms with Crippen LogP contribution in [0, 0.1) is 5.82 Å². The molecular weight excluding hydrogens is 311 g/mol. The van der Waals surface area contributed by atoms with E-state index in [0.717, 1.165) is 22.6 Å². The van der Waals surface area contributed by atoms with Crippen molar-refractivity contribution in [1.82, 2.24) is 10.3 Å². The number of fused-ring (bicyclic) bond motifs is 1. The van der Waals surface area contributed by atoms with Gasteiger partial charge in [0.15, 0.2) is 0 Å². The van der Waals surface area contributed by atoms with Crippen LogP contribution in [0.4, 0.5) is 4.39 Å². The maximum Gasteiger partial charge on any atom is 0.253 e. The minimum absolute atomic E-state index is 0.180. The Bertz CT molecular complexity index is 678. The van der Waals surface area contributed by atoms with Crippen molar-refractivity contribution in [2.24, 2.45) is 0 Å². The predicted octanol–water partition coefficient (Wildman–Crippen LogP) is 3.84. The molecule has 3 rings (SSSR count). The summed E-state index contributed by atoms with van der Waals surface area (Å²) in [6, 6.07) is 7.71. The quantitative estimate of drug-likeness (QED) is 0.854. The van der Waals surface area contributed by atoms with Crippen molar-refractivity contribution in [2.45, 2.75) is 17.4 Å². The number of amides is 1. The Kier molecular flexibility index (Phi) is 4.12. The van der Waals surface area contributed by atoms with Gasteiger partial charge in [0.05, 0.1) is 11.6 Å². The summed E-state index contributed by atoms with van der Waals surface area (Å²) in [6.07, 6.45) is 2.20. The van der Waals surface area contributed by atoms with Gasteiger partial charge >= 0.3 is 0 Å². The largest absolute Gasteiger partial charge is 0.345 e. The number of carbonyl (C=O) groups excluding carboxylic acids is 1. The van der Waals surface area contributed by atoms with Crippen LogP contribution in [0.2, 0.25) is 5.15 Å². The van der Waals surface area contributed by atoms with Gasteiger partial charge in [0.25, 0.3) is 5.91 Å².